The molecule has 1 aromatic carbocycles. The van der Waals surface area contributed by atoms with Crippen LogP contribution in [0, 0.1) is 16.2 Å². The van der Waals surface area contributed by atoms with Gasteiger partial charge in [-0.25, -0.2) is 10.9 Å². The summed E-state index contributed by atoms with van der Waals surface area (Å²) < 4.78 is 0. The highest BCUT2D eigenvalue weighted by molar-refractivity contribution is 5.76. The molecule has 176 valence electrons. The first-order valence-corrected chi connectivity index (χ1v) is 10.5. The number of guanidine groups is 3. The van der Waals surface area contributed by atoms with Crippen LogP contribution in [0.15, 0.2) is 28.4 Å². The van der Waals surface area contributed by atoms with Crippen molar-refractivity contribution in [1.29, 1.82) is 16.2 Å². The Morgan fingerprint density at radius 1 is 0.719 bits per heavy atom. The molecule has 1 aromatic rings. The molecule has 0 fully saturated rings. The monoisotopic (exact) mass is 444 g/mol. The number of benzene rings is 1. The van der Waals surface area contributed by atoms with Gasteiger partial charge in [-0.1, -0.05) is 25.3 Å². The maximum atomic E-state index is 7.13. The summed E-state index contributed by atoms with van der Waals surface area (Å²) in [5.74, 6) is -0.387. The van der Waals surface area contributed by atoms with E-state index in [9.17, 15) is 0 Å². The molecular formula is C20H36N12. The van der Waals surface area contributed by atoms with Gasteiger partial charge in [0.25, 0.3) is 0 Å². The Hall–Kier alpha value is -3.83. The standard InChI is InChI=1S/C20H36N12/c21-18(22)28-9-5-3-1-2-4-8-27-17-13-15(6-10-29-31-19(23)24)12-16(14-17)7-11-30-32-20(25)26/h10-14,27H,1-9H2,(H4,21,22,28)(H4,23,24,31)(H4,25,26,32). The molecule has 0 saturated heterocycles. The molecule has 0 atom stereocenters. The molecule has 0 heterocycles. The molecule has 0 spiro atoms. The number of hydrogen-bond acceptors (Lipinski definition) is 6. The van der Waals surface area contributed by atoms with Crippen LogP contribution >= 0.6 is 0 Å². The van der Waals surface area contributed by atoms with Crippen molar-refractivity contribution < 1.29 is 0 Å². The van der Waals surface area contributed by atoms with E-state index in [4.69, 9.17) is 33.4 Å². The Labute approximate surface area is 189 Å². The van der Waals surface area contributed by atoms with Gasteiger partial charge in [0, 0.05) is 44.0 Å². The first-order chi connectivity index (χ1) is 15.4. The van der Waals surface area contributed by atoms with E-state index in [0.29, 0.717) is 12.8 Å². The van der Waals surface area contributed by atoms with Crippen molar-refractivity contribution in [3.05, 3.63) is 29.3 Å². The summed E-state index contributed by atoms with van der Waals surface area (Å²) in [4.78, 5) is 0. The predicted molar refractivity (Wildman–Crippen MR) is 132 cm³/mol. The van der Waals surface area contributed by atoms with Crippen molar-refractivity contribution in [3.63, 3.8) is 0 Å². The number of anilines is 1. The fourth-order valence-corrected chi connectivity index (χ4v) is 2.87. The van der Waals surface area contributed by atoms with Crippen LogP contribution in [-0.4, -0.2) is 43.4 Å². The minimum absolute atomic E-state index is 0.0265. The van der Waals surface area contributed by atoms with Gasteiger partial charge in [-0.05, 0) is 36.1 Å². The molecule has 0 aliphatic carbocycles. The highest BCUT2D eigenvalue weighted by Crippen LogP contribution is 2.16. The zero-order valence-corrected chi connectivity index (χ0v) is 18.4. The lowest BCUT2D eigenvalue weighted by atomic mass is 10.0. The molecule has 0 bridgehead atoms. The molecular weight excluding hydrogens is 408 g/mol. The highest BCUT2D eigenvalue weighted by Gasteiger charge is 2.01. The van der Waals surface area contributed by atoms with Crippen LogP contribution in [0.3, 0.4) is 0 Å². The number of nitrogens with zero attached hydrogens (tertiary/aromatic N) is 2. The first-order valence-electron chi connectivity index (χ1n) is 10.5. The Kier molecular flexibility index (Phi) is 13.1. The van der Waals surface area contributed by atoms with Gasteiger partial charge in [-0.2, -0.15) is 10.2 Å². The molecule has 13 N–H and O–H groups in total. The van der Waals surface area contributed by atoms with E-state index in [0.717, 1.165) is 62.0 Å². The van der Waals surface area contributed by atoms with Gasteiger partial charge in [0.15, 0.2) is 5.96 Å². The number of rotatable bonds is 15. The van der Waals surface area contributed by atoms with Crippen molar-refractivity contribution in [2.45, 2.75) is 44.9 Å². The van der Waals surface area contributed by atoms with Crippen molar-refractivity contribution in [2.75, 3.05) is 18.4 Å². The van der Waals surface area contributed by atoms with Crippen molar-refractivity contribution >= 4 is 36.0 Å². The van der Waals surface area contributed by atoms with Gasteiger partial charge in [-0.15, -0.1) is 0 Å². The summed E-state index contributed by atoms with van der Waals surface area (Å²) >= 11 is 0. The second-order valence-electron chi connectivity index (χ2n) is 7.16. The minimum atomic E-state index is -0.207. The van der Waals surface area contributed by atoms with Gasteiger partial charge in [0.2, 0.25) is 11.9 Å². The molecule has 0 aliphatic rings. The molecule has 0 aromatic heterocycles. The second kappa shape index (κ2) is 15.9. The molecule has 0 unspecified atom stereocenters. The highest BCUT2D eigenvalue weighted by atomic mass is 15.3. The molecule has 32 heavy (non-hydrogen) atoms. The molecule has 0 aliphatic heterocycles. The van der Waals surface area contributed by atoms with Gasteiger partial charge < -0.3 is 27.8 Å². The fraction of sp³-hybridized carbons (Fsp3) is 0.450. The number of nitrogens with one attached hydrogen (secondary N) is 7. The van der Waals surface area contributed by atoms with Crippen LogP contribution < -0.4 is 38.7 Å². The Morgan fingerprint density at radius 3 is 1.72 bits per heavy atom. The van der Waals surface area contributed by atoms with E-state index in [-0.39, 0.29) is 17.9 Å². The largest absolute Gasteiger partial charge is 0.385 e. The topological polar surface area (TPSA) is 222 Å². The zero-order valence-electron chi connectivity index (χ0n) is 18.4. The summed E-state index contributed by atoms with van der Waals surface area (Å²) in [6, 6.07) is 6.20. The number of unbranched alkanes of at least 4 members (excludes halogenated alkanes) is 4. The lowest BCUT2D eigenvalue weighted by molar-refractivity contribution is 0.616. The first kappa shape index (κ1) is 26.2. The van der Waals surface area contributed by atoms with Gasteiger partial charge in [0.05, 0.1) is 0 Å². The smallest absolute Gasteiger partial charge is 0.206 e. The van der Waals surface area contributed by atoms with Crippen LogP contribution in [0.25, 0.3) is 0 Å². The van der Waals surface area contributed by atoms with Crippen LogP contribution in [-0.2, 0) is 12.8 Å². The summed E-state index contributed by atoms with van der Waals surface area (Å²) in [6.45, 7) is 1.62. The van der Waals surface area contributed by atoms with E-state index >= 15 is 0 Å². The third-order valence-electron chi connectivity index (χ3n) is 4.26. The zero-order chi connectivity index (χ0) is 23.6. The van der Waals surface area contributed by atoms with Crippen molar-refractivity contribution in [1.82, 2.24) is 16.2 Å². The second-order valence-corrected chi connectivity index (χ2v) is 7.16. The predicted octanol–water partition coefficient (Wildman–Crippen LogP) is 0.555. The third-order valence-corrected chi connectivity index (χ3v) is 4.26. The maximum absolute atomic E-state index is 7.13. The number of hydrogen-bond donors (Lipinski definition) is 10. The Morgan fingerprint density at radius 2 is 1.22 bits per heavy atom. The minimum Gasteiger partial charge on any atom is -0.385 e. The normalized spacial score (nSPS) is 10.9. The Balaban J connectivity index is 2.53. The van der Waals surface area contributed by atoms with E-state index in [1.54, 1.807) is 12.4 Å². The van der Waals surface area contributed by atoms with Crippen molar-refractivity contribution in [2.24, 2.45) is 27.4 Å². The van der Waals surface area contributed by atoms with E-state index < -0.39 is 0 Å². The Bertz CT molecular complexity index is 741. The summed E-state index contributed by atoms with van der Waals surface area (Å²) in [6.07, 6.45) is 9.96. The molecule has 0 amide bonds. The van der Waals surface area contributed by atoms with Gasteiger partial charge >= 0.3 is 0 Å². The average molecular weight is 445 g/mol. The van der Waals surface area contributed by atoms with Crippen molar-refractivity contribution in [3.8, 4) is 0 Å². The summed E-state index contributed by atoms with van der Waals surface area (Å²) in [5.41, 5.74) is 23.6. The fourth-order valence-electron chi connectivity index (χ4n) is 2.87. The maximum Gasteiger partial charge on any atom is 0.206 e. The molecule has 0 radical (unpaired) electrons. The van der Waals surface area contributed by atoms with Gasteiger partial charge in [0.1, 0.15) is 0 Å². The van der Waals surface area contributed by atoms with E-state index in [1.165, 1.54) is 0 Å². The molecule has 12 heteroatoms. The SMILES string of the molecule is N=C(N)NCCCCCCCNc1cc(CC=NNC(=N)N)cc(CC=NNC(=N)N)c1. The van der Waals surface area contributed by atoms with Crippen LogP contribution in [0.4, 0.5) is 5.69 Å². The lowest BCUT2D eigenvalue weighted by Gasteiger charge is -2.11. The molecule has 12 nitrogen and oxygen atoms in total. The van der Waals surface area contributed by atoms with Crippen LogP contribution in [0.1, 0.15) is 43.2 Å². The third kappa shape index (κ3) is 14.2. The summed E-state index contributed by atoms with van der Waals surface area (Å²) in [5, 5.41) is 35.5. The van der Waals surface area contributed by atoms with Crippen LogP contribution in [0.5, 0.6) is 0 Å². The van der Waals surface area contributed by atoms with E-state index in [1.807, 2.05) is 0 Å². The quantitative estimate of drug-likeness (QED) is 0.0799. The van der Waals surface area contributed by atoms with E-state index in [2.05, 4.69) is 49.9 Å². The average Bonchev–Trinajstić information content (AvgIpc) is 2.72. The number of hydrazone groups is 2. The molecule has 0 saturated carbocycles. The molecule has 1 rings (SSSR count). The van der Waals surface area contributed by atoms with Gasteiger partial charge in [-0.3, -0.25) is 16.2 Å². The summed E-state index contributed by atoms with van der Waals surface area (Å²) in [7, 11) is 0. The van der Waals surface area contributed by atoms with Crippen LogP contribution in [0.2, 0.25) is 0 Å². The lowest BCUT2D eigenvalue weighted by Crippen LogP contribution is -2.30. The number of nitrogens with two attached hydrogens (primary N) is 3.